The number of carbonyl (C=O) groups is 3. The van der Waals surface area contributed by atoms with E-state index in [4.69, 9.17) is 0 Å². The fraction of sp³-hybridized carbons (Fsp3) is 0.378. The second kappa shape index (κ2) is 13.8. The smallest absolute Gasteiger partial charge is 0.251 e. The number of benzene rings is 3. The largest absolute Gasteiger partial charge is 0.396 e. The van der Waals surface area contributed by atoms with Gasteiger partial charge < -0.3 is 19.8 Å². The number of hydrogen-bond donors (Lipinski definition) is 1. The molecule has 3 fully saturated rings. The number of nitrogens with zero attached hydrogens (tertiary/aromatic N) is 3. The van der Waals surface area contributed by atoms with Crippen LogP contribution >= 0.6 is 27.7 Å². The molecule has 0 aliphatic carbocycles. The van der Waals surface area contributed by atoms with Crippen LogP contribution < -0.4 is 4.90 Å². The summed E-state index contributed by atoms with van der Waals surface area (Å²) < 4.78 is -0.768. The van der Waals surface area contributed by atoms with Crippen molar-refractivity contribution in [1.82, 2.24) is 9.80 Å². The average molecular weight is 703 g/mol. The molecule has 3 unspecified atom stereocenters. The van der Waals surface area contributed by atoms with Gasteiger partial charge in [-0.15, -0.1) is 24.9 Å². The minimum absolute atomic E-state index is 0.00625. The van der Waals surface area contributed by atoms with E-state index in [-0.39, 0.29) is 41.0 Å². The minimum atomic E-state index is -0.768. The Labute approximate surface area is 283 Å². The number of halogens is 1. The van der Waals surface area contributed by atoms with Crippen molar-refractivity contribution in [3.05, 3.63) is 104 Å². The predicted molar refractivity (Wildman–Crippen MR) is 189 cm³/mol. The van der Waals surface area contributed by atoms with Crippen LogP contribution in [0.5, 0.6) is 0 Å². The fourth-order valence-corrected chi connectivity index (χ4v) is 11.3. The van der Waals surface area contributed by atoms with Crippen molar-refractivity contribution in [2.75, 3.05) is 31.1 Å². The quantitative estimate of drug-likeness (QED) is 0.138. The maximum absolute atomic E-state index is 14.9. The molecule has 3 heterocycles. The van der Waals surface area contributed by atoms with Crippen LogP contribution in [0.2, 0.25) is 0 Å². The van der Waals surface area contributed by atoms with Gasteiger partial charge in [-0.05, 0) is 47.7 Å². The number of alkyl halides is 1. The summed E-state index contributed by atoms with van der Waals surface area (Å²) in [6.07, 6.45) is 5.13. The third-order valence-electron chi connectivity index (χ3n) is 9.62. The lowest BCUT2D eigenvalue weighted by Crippen LogP contribution is -2.56. The maximum Gasteiger partial charge on any atom is 0.251 e. The number of unbranched alkanes of at least 4 members (excludes halogenated alkanes) is 1. The highest BCUT2D eigenvalue weighted by atomic mass is 79.9. The first-order chi connectivity index (χ1) is 22.3. The number of anilines is 1. The van der Waals surface area contributed by atoms with Crippen LogP contribution in [0.25, 0.3) is 10.8 Å². The van der Waals surface area contributed by atoms with Gasteiger partial charge in [0.05, 0.1) is 16.6 Å². The molecule has 0 aromatic heterocycles. The van der Waals surface area contributed by atoms with Gasteiger partial charge in [-0.3, -0.25) is 14.4 Å². The van der Waals surface area contributed by atoms with Gasteiger partial charge in [-0.25, -0.2) is 0 Å². The third kappa shape index (κ3) is 5.71. The Morgan fingerprint density at radius 2 is 1.70 bits per heavy atom. The highest BCUT2D eigenvalue weighted by Gasteiger charge is 2.76. The number of aliphatic hydroxyl groups is 1. The van der Waals surface area contributed by atoms with E-state index in [0.717, 1.165) is 22.0 Å². The zero-order valence-corrected chi connectivity index (χ0v) is 28.2. The van der Waals surface area contributed by atoms with E-state index in [1.807, 2.05) is 72.8 Å². The van der Waals surface area contributed by atoms with Crippen LogP contribution in [-0.4, -0.2) is 79.7 Å². The van der Waals surface area contributed by atoms with Crippen LogP contribution in [0, 0.1) is 11.8 Å². The van der Waals surface area contributed by atoms with Crippen LogP contribution in [0.4, 0.5) is 5.69 Å². The van der Waals surface area contributed by atoms with E-state index in [9.17, 15) is 19.5 Å². The molecule has 3 aliphatic heterocycles. The van der Waals surface area contributed by atoms with Gasteiger partial charge in [0.15, 0.2) is 0 Å². The summed E-state index contributed by atoms with van der Waals surface area (Å²) in [4.78, 5) is 49.3. The Kier molecular flexibility index (Phi) is 9.73. The zero-order valence-electron chi connectivity index (χ0n) is 25.8. The van der Waals surface area contributed by atoms with E-state index >= 15 is 0 Å². The lowest BCUT2D eigenvalue weighted by Gasteiger charge is -2.38. The summed E-state index contributed by atoms with van der Waals surface area (Å²) in [5, 5.41) is 11.5. The topological polar surface area (TPSA) is 81.2 Å². The number of likely N-dealkylation sites (tertiary alicyclic amines) is 1. The maximum atomic E-state index is 14.9. The molecule has 3 aliphatic rings. The molecule has 3 amide bonds. The second-order valence-corrected chi connectivity index (χ2v) is 15.1. The molecule has 7 nitrogen and oxygen atoms in total. The summed E-state index contributed by atoms with van der Waals surface area (Å²) >= 11 is 5.54. The zero-order chi connectivity index (χ0) is 32.4. The molecule has 2 bridgehead atoms. The molecule has 6 atom stereocenters. The van der Waals surface area contributed by atoms with Crippen molar-refractivity contribution < 1.29 is 19.5 Å². The van der Waals surface area contributed by atoms with Gasteiger partial charge in [0.25, 0.3) is 5.91 Å². The van der Waals surface area contributed by atoms with Crippen LogP contribution in [0.3, 0.4) is 0 Å². The molecule has 3 saturated heterocycles. The van der Waals surface area contributed by atoms with Crippen molar-refractivity contribution in [3.63, 3.8) is 0 Å². The van der Waals surface area contributed by atoms with Gasteiger partial charge in [0.1, 0.15) is 6.04 Å². The number of aliphatic hydroxyl groups excluding tert-OH is 1. The van der Waals surface area contributed by atoms with Crippen molar-refractivity contribution in [1.29, 1.82) is 0 Å². The molecule has 1 N–H and O–H groups in total. The molecule has 1 spiro atoms. The molecule has 9 heteroatoms. The summed E-state index contributed by atoms with van der Waals surface area (Å²) in [6.45, 7) is 9.26. The third-order valence-corrected chi connectivity index (χ3v) is 12.8. The lowest BCUT2D eigenvalue weighted by atomic mass is 9.70. The van der Waals surface area contributed by atoms with E-state index in [0.29, 0.717) is 38.9 Å². The first kappa shape index (κ1) is 32.5. The molecule has 6 rings (SSSR count). The molecule has 3 aromatic rings. The van der Waals surface area contributed by atoms with Gasteiger partial charge >= 0.3 is 0 Å². The van der Waals surface area contributed by atoms with E-state index in [1.165, 1.54) is 0 Å². The molecule has 46 heavy (non-hydrogen) atoms. The van der Waals surface area contributed by atoms with Crippen molar-refractivity contribution in [2.45, 2.75) is 46.7 Å². The molecule has 3 aromatic carbocycles. The highest BCUT2D eigenvalue weighted by molar-refractivity contribution is 9.09. The SMILES string of the molecule is C=CCN(Cc1ccccc1)C(=O)[C@H]1[C@H]2C(=O)N(CCCCO)C(C(=O)N(CC=C)c3ccc4ccccc4c3)C23CC(Br)[C@@H]1S3. The van der Waals surface area contributed by atoms with E-state index < -0.39 is 22.6 Å². The molecule has 0 radical (unpaired) electrons. The summed E-state index contributed by atoms with van der Waals surface area (Å²) in [6, 6.07) is 23.1. The number of carbonyl (C=O) groups excluding carboxylic acids is 3. The average Bonchev–Trinajstić information content (AvgIpc) is 3.66. The standard InChI is InChI=1S/C37H40BrN3O4S/c1-3-18-39(24-25-12-6-5-7-13-25)34(43)30-31-35(44)41(20-10-11-21-42)33(37(31)23-29(38)32(30)46-37)36(45)40(19-4-2)28-17-16-26-14-8-9-15-27(26)22-28/h3-9,12-17,22,29-33,42H,1-2,10-11,18-21,23-24H2/t29?,30-,31-,32-,33?,37?/m0/s1. The Balaban J connectivity index is 1.39. The number of hydrogen-bond acceptors (Lipinski definition) is 5. The van der Waals surface area contributed by atoms with E-state index in [1.54, 1.807) is 38.6 Å². The molecular weight excluding hydrogens is 662 g/mol. The minimum Gasteiger partial charge on any atom is -0.396 e. The van der Waals surface area contributed by atoms with Crippen molar-refractivity contribution in [3.8, 4) is 0 Å². The fourth-order valence-electron chi connectivity index (χ4n) is 7.67. The van der Waals surface area contributed by atoms with Gasteiger partial charge in [-0.2, -0.15) is 0 Å². The summed E-state index contributed by atoms with van der Waals surface area (Å²) in [5.74, 6) is -1.59. The molecule has 0 saturated carbocycles. The van der Waals surface area contributed by atoms with Crippen LogP contribution in [0.15, 0.2) is 98.1 Å². The van der Waals surface area contributed by atoms with Gasteiger partial charge in [0, 0.05) is 48.6 Å². The Morgan fingerprint density at radius 1 is 0.978 bits per heavy atom. The van der Waals surface area contributed by atoms with Crippen molar-refractivity contribution in [2.24, 2.45) is 11.8 Å². The Morgan fingerprint density at radius 3 is 2.41 bits per heavy atom. The second-order valence-electron chi connectivity index (χ2n) is 12.4. The molecule has 240 valence electrons. The predicted octanol–water partition coefficient (Wildman–Crippen LogP) is 5.81. The lowest BCUT2D eigenvalue weighted by molar-refractivity contribution is -0.144. The Bertz CT molecular complexity index is 1640. The first-order valence-electron chi connectivity index (χ1n) is 15.9. The monoisotopic (exact) mass is 701 g/mol. The summed E-state index contributed by atoms with van der Waals surface area (Å²) in [5.41, 5.74) is 1.75. The number of rotatable bonds is 13. The van der Waals surface area contributed by atoms with Gasteiger partial charge in [0.2, 0.25) is 11.8 Å². The van der Waals surface area contributed by atoms with Crippen LogP contribution in [-0.2, 0) is 20.9 Å². The normalized spacial score (nSPS) is 26.3. The van der Waals surface area contributed by atoms with Crippen molar-refractivity contribution >= 4 is 61.9 Å². The van der Waals surface area contributed by atoms with E-state index in [2.05, 4.69) is 29.1 Å². The number of thioether (sulfide) groups is 1. The number of fused-ring (bicyclic) bond motifs is 2. The highest BCUT2D eigenvalue weighted by Crippen LogP contribution is 2.68. The van der Waals surface area contributed by atoms with Gasteiger partial charge in [-0.1, -0.05) is 88.7 Å². The Hall–Kier alpha value is -3.40. The molecular formula is C37H40BrN3O4S. The number of amides is 3. The first-order valence-corrected chi connectivity index (χ1v) is 17.7. The van der Waals surface area contributed by atoms with Crippen LogP contribution in [0.1, 0.15) is 24.8 Å². The summed E-state index contributed by atoms with van der Waals surface area (Å²) in [7, 11) is 0.